The highest BCUT2D eigenvalue weighted by Crippen LogP contribution is 2.31. The van der Waals surface area contributed by atoms with Gasteiger partial charge in [0.1, 0.15) is 5.78 Å². The van der Waals surface area contributed by atoms with Crippen molar-refractivity contribution in [3.05, 3.63) is 30.1 Å². The molecule has 1 aromatic heterocycles. The zero-order valence-corrected chi connectivity index (χ0v) is 9.93. The summed E-state index contributed by atoms with van der Waals surface area (Å²) in [6.07, 6.45) is 5.45. The average molecular weight is 232 g/mol. The molecule has 1 aromatic rings. The predicted octanol–water partition coefficient (Wildman–Crippen LogP) is 1.72. The minimum atomic E-state index is -0.0737. The van der Waals surface area contributed by atoms with E-state index in [-0.39, 0.29) is 24.2 Å². The fraction of sp³-hybridized carbons (Fsp3) is 0.462. The summed E-state index contributed by atoms with van der Waals surface area (Å²) in [4.78, 5) is 28.7. The number of aromatic nitrogens is 1. The first-order valence-electron chi connectivity index (χ1n) is 5.87. The Morgan fingerprint density at radius 2 is 2.12 bits per heavy atom. The van der Waals surface area contributed by atoms with Gasteiger partial charge in [0.15, 0.2) is 0 Å². The van der Waals surface area contributed by atoms with Gasteiger partial charge in [0, 0.05) is 18.9 Å². The third-order valence-corrected chi connectivity index (χ3v) is 3.06. The summed E-state index contributed by atoms with van der Waals surface area (Å²) in [5, 5.41) is 0. The molecule has 4 heteroatoms. The highest BCUT2D eigenvalue weighted by molar-refractivity contribution is 5.97. The second-order valence-corrected chi connectivity index (χ2v) is 4.40. The van der Waals surface area contributed by atoms with Crippen LogP contribution in [0.4, 0.5) is 0 Å². The van der Waals surface area contributed by atoms with Crippen LogP contribution in [0, 0.1) is 0 Å². The molecule has 0 aromatic carbocycles. The van der Waals surface area contributed by atoms with E-state index in [0.717, 1.165) is 24.9 Å². The van der Waals surface area contributed by atoms with Gasteiger partial charge in [-0.3, -0.25) is 14.6 Å². The van der Waals surface area contributed by atoms with Crippen LogP contribution in [0.5, 0.6) is 0 Å². The van der Waals surface area contributed by atoms with Gasteiger partial charge < -0.3 is 4.90 Å². The van der Waals surface area contributed by atoms with Crippen LogP contribution in [0.2, 0.25) is 0 Å². The van der Waals surface area contributed by atoms with Gasteiger partial charge in [-0.25, -0.2) is 0 Å². The minimum Gasteiger partial charge on any atom is -0.335 e. The van der Waals surface area contributed by atoms with Crippen molar-refractivity contribution in [3.63, 3.8) is 0 Å². The van der Waals surface area contributed by atoms with Gasteiger partial charge in [0.25, 0.3) is 0 Å². The summed E-state index contributed by atoms with van der Waals surface area (Å²) in [6, 6.07) is 3.98. The molecule has 1 amide bonds. The Morgan fingerprint density at radius 1 is 1.41 bits per heavy atom. The second-order valence-electron chi connectivity index (χ2n) is 4.40. The number of rotatable bonds is 3. The van der Waals surface area contributed by atoms with Crippen LogP contribution in [0.3, 0.4) is 0 Å². The minimum absolute atomic E-state index is 0.0155. The molecular formula is C13H16N2O2. The second kappa shape index (κ2) is 5.08. The van der Waals surface area contributed by atoms with Gasteiger partial charge in [-0.1, -0.05) is 0 Å². The van der Waals surface area contributed by atoms with Gasteiger partial charge >= 0.3 is 0 Å². The molecule has 1 aliphatic rings. The van der Waals surface area contributed by atoms with E-state index in [2.05, 4.69) is 4.98 Å². The molecule has 90 valence electrons. The summed E-state index contributed by atoms with van der Waals surface area (Å²) >= 11 is 0. The van der Waals surface area contributed by atoms with Gasteiger partial charge in [-0.15, -0.1) is 0 Å². The summed E-state index contributed by atoms with van der Waals surface area (Å²) in [5.41, 5.74) is 1.11. The molecule has 1 unspecified atom stereocenters. The van der Waals surface area contributed by atoms with Gasteiger partial charge in [0.2, 0.25) is 5.91 Å². The first kappa shape index (κ1) is 11.8. The number of likely N-dealkylation sites (tertiary alicyclic amines) is 1. The first-order chi connectivity index (χ1) is 8.18. The maximum absolute atomic E-state index is 11.9. The SMILES string of the molecule is CC(=O)CC(=O)N1CCCC1c1ccncc1. The van der Waals surface area contributed by atoms with E-state index in [1.807, 2.05) is 17.0 Å². The topological polar surface area (TPSA) is 50.3 Å². The summed E-state index contributed by atoms with van der Waals surface area (Å²) in [5.74, 6) is -0.132. The van der Waals surface area contributed by atoms with Crippen molar-refractivity contribution in [2.45, 2.75) is 32.2 Å². The van der Waals surface area contributed by atoms with E-state index in [9.17, 15) is 9.59 Å². The van der Waals surface area contributed by atoms with Crippen LogP contribution >= 0.6 is 0 Å². The van der Waals surface area contributed by atoms with Crippen molar-refractivity contribution in [2.24, 2.45) is 0 Å². The van der Waals surface area contributed by atoms with Crippen LogP contribution in [0.1, 0.15) is 37.8 Å². The number of nitrogens with zero attached hydrogens (tertiary/aromatic N) is 2. The lowest BCUT2D eigenvalue weighted by molar-refractivity contribution is -0.135. The summed E-state index contributed by atoms with van der Waals surface area (Å²) in [6.45, 7) is 2.20. The molecule has 0 aliphatic carbocycles. The molecular weight excluding hydrogens is 216 g/mol. The van der Waals surface area contributed by atoms with Crippen LogP contribution in [0.15, 0.2) is 24.5 Å². The number of hydrogen-bond donors (Lipinski definition) is 0. The molecule has 1 aliphatic heterocycles. The monoisotopic (exact) mass is 232 g/mol. The molecule has 0 radical (unpaired) electrons. The largest absolute Gasteiger partial charge is 0.335 e. The third-order valence-electron chi connectivity index (χ3n) is 3.06. The number of hydrogen-bond acceptors (Lipinski definition) is 3. The van der Waals surface area contributed by atoms with E-state index in [4.69, 9.17) is 0 Å². The molecule has 2 heterocycles. The Morgan fingerprint density at radius 3 is 2.76 bits per heavy atom. The standard InChI is InChI=1S/C13H16N2O2/c1-10(16)9-13(17)15-8-2-3-12(15)11-4-6-14-7-5-11/h4-7,12H,2-3,8-9H2,1H3. The molecule has 17 heavy (non-hydrogen) atoms. The smallest absolute Gasteiger partial charge is 0.230 e. The van der Waals surface area contributed by atoms with E-state index in [1.165, 1.54) is 6.92 Å². The van der Waals surface area contributed by atoms with E-state index < -0.39 is 0 Å². The van der Waals surface area contributed by atoms with Crippen molar-refractivity contribution in [1.29, 1.82) is 0 Å². The van der Waals surface area contributed by atoms with Crippen LogP contribution in [-0.4, -0.2) is 28.1 Å². The fourth-order valence-corrected chi connectivity index (χ4v) is 2.31. The van der Waals surface area contributed by atoms with Crippen LogP contribution in [-0.2, 0) is 9.59 Å². The predicted molar refractivity (Wildman–Crippen MR) is 63.2 cm³/mol. The number of pyridine rings is 1. The zero-order chi connectivity index (χ0) is 12.3. The van der Waals surface area contributed by atoms with Gasteiger partial charge in [-0.2, -0.15) is 0 Å². The van der Waals surface area contributed by atoms with E-state index in [1.54, 1.807) is 12.4 Å². The van der Waals surface area contributed by atoms with Crippen molar-refractivity contribution < 1.29 is 9.59 Å². The van der Waals surface area contributed by atoms with Crippen molar-refractivity contribution in [3.8, 4) is 0 Å². The highest BCUT2D eigenvalue weighted by atomic mass is 16.2. The quantitative estimate of drug-likeness (QED) is 0.746. The lowest BCUT2D eigenvalue weighted by Gasteiger charge is -2.24. The Bertz CT molecular complexity index is 417. The molecule has 2 rings (SSSR count). The van der Waals surface area contributed by atoms with Crippen molar-refractivity contribution in [1.82, 2.24) is 9.88 Å². The fourth-order valence-electron chi connectivity index (χ4n) is 2.31. The Labute approximate surface area is 101 Å². The van der Waals surface area contributed by atoms with Crippen LogP contribution < -0.4 is 0 Å². The van der Waals surface area contributed by atoms with Gasteiger partial charge in [-0.05, 0) is 37.5 Å². The molecule has 0 spiro atoms. The molecule has 4 nitrogen and oxygen atoms in total. The van der Waals surface area contributed by atoms with Crippen molar-refractivity contribution in [2.75, 3.05) is 6.54 Å². The number of carbonyl (C=O) groups excluding carboxylic acids is 2. The van der Waals surface area contributed by atoms with Gasteiger partial charge in [0.05, 0.1) is 12.5 Å². The Kier molecular flexibility index (Phi) is 3.52. The van der Waals surface area contributed by atoms with E-state index >= 15 is 0 Å². The lowest BCUT2D eigenvalue weighted by Crippen LogP contribution is -2.31. The Hall–Kier alpha value is -1.71. The third kappa shape index (κ3) is 2.70. The maximum Gasteiger partial charge on any atom is 0.230 e. The first-order valence-corrected chi connectivity index (χ1v) is 5.87. The highest BCUT2D eigenvalue weighted by Gasteiger charge is 2.29. The molecule has 1 atom stereocenters. The van der Waals surface area contributed by atoms with Crippen molar-refractivity contribution >= 4 is 11.7 Å². The summed E-state index contributed by atoms with van der Waals surface area (Å²) in [7, 11) is 0. The molecule has 1 saturated heterocycles. The number of ketones is 1. The zero-order valence-electron chi connectivity index (χ0n) is 9.93. The Balaban J connectivity index is 2.13. The lowest BCUT2D eigenvalue weighted by atomic mass is 10.1. The summed E-state index contributed by atoms with van der Waals surface area (Å²) < 4.78 is 0. The molecule has 0 N–H and O–H groups in total. The number of amides is 1. The molecule has 0 saturated carbocycles. The normalized spacial score (nSPS) is 19.4. The maximum atomic E-state index is 11.9. The number of Topliss-reactive ketones (excluding diaryl/α,β-unsaturated/α-hetero) is 1. The number of carbonyl (C=O) groups is 2. The molecule has 0 bridgehead atoms. The van der Waals surface area contributed by atoms with E-state index in [0.29, 0.717) is 0 Å². The average Bonchev–Trinajstić information content (AvgIpc) is 2.78. The molecule has 1 fully saturated rings. The van der Waals surface area contributed by atoms with Crippen LogP contribution in [0.25, 0.3) is 0 Å².